The zero-order valence-corrected chi connectivity index (χ0v) is 32.0. The van der Waals surface area contributed by atoms with Gasteiger partial charge in [-0.3, -0.25) is 29.0 Å². The average molecular weight is 939 g/mol. The zero-order valence-electron chi connectivity index (χ0n) is 32.0. The summed E-state index contributed by atoms with van der Waals surface area (Å²) in [6.45, 7) is 1.85. The van der Waals surface area contributed by atoms with E-state index >= 15 is 35.1 Å². The largest absolute Gasteiger partial charge is 0.460 e. The normalized spacial score (nSPS) is 16.2. The lowest BCUT2D eigenvalue weighted by Gasteiger charge is -2.37. The van der Waals surface area contributed by atoms with Crippen molar-refractivity contribution in [2.75, 3.05) is 13.1 Å². The molecule has 5 aromatic carbocycles. The van der Waals surface area contributed by atoms with Gasteiger partial charge in [-0.1, -0.05) is 38.8 Å². The van der Waals surface area contributed by atoms with E-state index in [1.54, 1.807) is 0 Å². The minimum atomic E-state index is -7.63. The maximum Gasteiger partial charge on any atom is 0.460 e. The highest BCUT2D eigenvalue weighted by Gasteiger charge is 2.83. The number of carbonyl (C=O) groups is 4. The molecule has 0 N–H and O–H groups in total. The lowest BCUT2D eigenvalue weighted by molar-refractivity contribution is -0.399. The minimum Gasteiger partial charge on any atom is -0.274 e. The Kier molecular flexibility index (Phi) is 10.1. The molecule has 6 nitrogen and oxygen atoms in total. The molecule has 0 saturated carbocycles. The Morgan fingerprint density at radius 2 is 0.688 bits per heavy atom. The van der Waals surface area contributed by atoms with Crippen LogP contribution in [0.1, 0.15) is 92.1 Å². The number of hydrogen-bond acceptors (Lipinski definition) is 4. The van der Waals surface area contributed by atoms with Crippen LogP contribution in [0.3, 0.4) is 0 Å². The summed E-state index contributed by atoms with van der Waals surface area (Å²) < 4.78 is 267. The summed E-state index contributed by atoms with van der Waals surface area (Å²) in [5.41, 5.74) is -9.65. The smallest absolute Gasteiger partial charge is 0.274 e. The fraction of sp³-hybridized carbons (Fsp3) is 0.400. The van der Waals surface area contributed by atoms with Gasteiger partial charge in [0.15, 0.2) is 0 Å². The first-order valence-corrected chi connectivity index (χ1v) is 18.6. The maximum absolute atomic E-state index is 16.5. The molecular weight excluding hydrogens is 914 g/mol. The number of carbonyl (C=O) groups excluding carboxylic acids is 4. The first-order valence-electron chi connectivity index (χ1n) is 18.6. The predicted octanol–water partition coefficient (Wildman–Crippen LogP) is 12.4. The van der Waals surface area contributed by atoms with E-state index in [1.165, 1.54) is 13.8 Å². The summed E-state index contributed by atoms with van der Waals surface area (Å²) in [7, 11) is 0. The van der Waals surface area contributed by atoms with Gasteiger partial charge in [-0.25, -0.2) is 0 Å². The van der Waals surface area contributed by atoms with E-state index in [2.05, 4.69) is 0 Å². The molecule has 0 fully saturated rings. The van der Waals surface area contributed by atoms with Crippen LogP contribution in [0.2, 0.25) is 0 Å². The zero-order chi connectivity index (χ0) is 48.0. The van der Waals surface area contributed by atoms with E-state index in [1.807, 2.05) is 0 Å². The van der Waals surface area contributed by atoms with Crippen molar-refractivity contribution >= 4 is 66.7 Å². The van der Waals surface area contributed by atoms with Crippen molar-refractivity contribution < 1.29 is 98.2 Å². The number of imide groups is 2. The number of halogens is 18. The molecule has 5 aromatic rings. The molecule has 4 amide bonds. The van der Waals surface area contributed by atoms with Gasteiger partial charge in [0.25, 0.3) is 23.6 Å². The van der Waals surface area contributed by atoms with E-state index < -0.39 is 161 Å². The number of fused-ring (bicyclic) bond motifs is 2. The van der Waals surface area contributed by atoms with Gasteiger partial charge < -0.3 is 0 Å². The van der Waals surface area contributed by atoms with E-state index in [9.17, 15) is 63.1 Å². The Balaban J connectivity index is 1.79. The van der Waals surface area contributed by atoms with Crippen molar-refractivity contribution in [3.63, 3.8) is 0 Å². The third-order valence-corrected chi connectivity index (χ3v) is 11.4. The number of benzene rings is 5. The second-order valence-corrected chi connectivity index (χ2v) is 15.2. The number of rotatable bonds is 12. The quantitative estimate of drug-likeness (QED) is 0.0540. The number of amides is 4. The highest BCUT2D eigenvalue weighted by Crippen LogP contribution is 2.62. The molecule has 2 aliphatic heterocycles. The Morgan fingerprint density at radius 3 is 0.969 bits per heavy atom. The fourth-order valence-corrected chi connectivity index (χ4v) is 8.19. The van der Waals surface area contributed by atoms with Crippen LogP contribution < -0.4 is 0 Å². The van der Waals surface area contributed by atoms with Crippen LogP contribution in [-0.4, -0.2) is 82.6 Å². The summed E-state index contributed by atoms with van der Waals surface area (Å²) in [4.78, 5) is 55.9. The molecule has 24 heteroatoms. The highest BCUT2D eigenvalue weighted by atomic mass is 19.4. The fourth-order valence-electron chi connectivity index (χ4n) is 8.19. The molecule has 2 heterocycles. The molecule has 0 unspecified atom stereocenters. The molecular formula is C40H24F18N2O4. The Morgan fingerprint density at radius 1 is 0.391 bits per heavy atom. The third-order valence-electron chi connectivity index (χ3n) is 11.4. The molecule has 0 aromatic heterocycles. The molecule has 0 bridgehead atoms. The molecule has 2 aliphatic rings. The van der Waals surface area contributed by atoms with Gasteiger partial charge in [0, 0.05) is 68.0 Å². The maximum atomic E-state index is 16.5. The average Bonchev–Trinajstić information content (AvgIpc) is 3.19. The molecule has 0 radical (unpaired) electrons. The monoisotopic (exact) mass is 938 g/mol. The SMILES string of the molecule is CCCCN1C(=O)c2ccc3c4c(C(F)(F)C(F)(F)C(F)(F)C(F)(F)F)cc5c6c(ccc(c7c(C(F)(F)C(F)(F)C(F)(F)C(F)(F)F)cc(c2c37)C1=O)c64)C(=O)N(CCCC)C5=O. The van der Waals surface area contributed by atoms with Gasteiger partial charge in [0.05, 0.1) is 0 Å². The van der Waals surface area contributed by atoms with Gasteiger partial charge in [0.2, 0.25) is 0 Å². The van der Waals surface area contributed by atoms with E-state index in [0.717, 1.165) is 0 Å². The van der Waals surface area contributed by atoms with Crippen molar-refractivity contribution in [1.82, 2.24) is 9.80 Å². The van der Waals surface area contributed by atoms with Crippen LogP contribution in [0.5, 0.6) is 0 Å². The Bertz CT molecular complexity index is 2660. The van der Waals surface area contributed by atoms with Crippen molar-refractivity contribution in [2.24, 2.45) is 0 Å². The summed E-state index contributed by atoms with van der Waals surface area (Å²) in [6, 6.07) is 1.31. The van der Waals surface area contributed by atoms with Gasteiger partial charge in [0.1, 0.15) is 0 Å². The Labute approximate surface area is 345 Å². The van der Waals surface area contributed by atoms with Crippen LogP contribution in [0.25, 0.3) is 43.1 Å². The highest BCUT2D eigenvalue weighted by molar-refractivity contribution is 6.42. The first-order chi connectivity index (χ1) is 29.2. The van der Waals surface area contributed by atoms with Gasteiger partial charge in [-0.05, 0) is 58.7 Å². The molecule has 0 aliphatic carbocycles. The number of hydrogen-bond donors (Lipinski definition) is 0. The number of unbranched alkanes of at least 4 members (excludes halogenated alkanes) is 2. The van der Waals surface area contributed by atoms with Crippen LogP contribution >= 0.6 is 0 Å². The van der Waals surface area contributed by atoms with Crippen LogP contribution in [0.15, 0.2) is 36.4 Å². The van der Waals surface area contributed by atoms with Crippen molar-refractivity contribution in [3.05, 3.63) is 69.8 Å². The van der Waals surface area contributed by atoms with Crippen molar-refractivity contribution in [3.8, 4) is 0 Å². The standard InChI is InChI=1S/C40H24F18N2O4/c1-3-5-11-59-29(61)17-9-7-15-26-22(34(43,44)36(47,48)38(51,52)40(56,57)58)14-20-24-18(30(62)60(32(20)64)12-6-4-2)10-8-16(28(24)26)25-21(13-19(31(59)63)23(17)27(15)25)33(41,42)35(45,46)37(49,50)39(53,54)55/h7-10,13-14H,3-6,11-12H2,1-2H3. The van der Waals surface area contributed by atoms with Crippen molar-refractivity contribution in [2.45, 2.75) is 87.4 Å². The van der Waals surface area contributed by atoms with E-state index in [0.29, 0.717) is 34.1 Å². The first kappa shape index (κ1) is 46.4. The van der Waals surface area contributed by atoms with Crippen molar-refractivity contribution in [1.29, 1.82) is 0 Å². The Hall–Kier alpha value is -5.58. The topological polar surface area (TPSA) is 74.8 Å². The lowest BCUT2D eigenvalue weighted by atomic mass is 9.76. The summed E-state index contributed by atoms with van der Waals surface area (Å²) >= 11 is 0. The van der Waals surface area contributed by atoms with Crippen LogP contribution in [0.4, 0.5) is 79.0 Å². The molecule has 0 spiro atoms. The summed E-state index contributed by atoms with van der Waals surface area (Å²) in [6.07, 6.45) is -14.6. The molecule has 0 saturated heterocycles. The molecule has 64 heavy (non-hydrogen) atoms. The lowest BCUT2D eigenvalue weighted by Crippen LogP contribution is -2.59. The number of nitrogens with zero attached hydrogens (tertiary/aromatic N) is 2. The number of alkyl halides is 18. The summed E-state index contributed by atoms with van der Waals surface area (Å²) in [5, 5.41) is -11.1. The predicted molar refractivity (Wildman–Crippen MR) is 188 cm³/mol. The third kappa shape index (κ3) is 5.70. The summed E-state index contributed by atoms with van der Waals surface area (Å²) in [5.74, 6) is -50.2. The van der Waals surface area contributed by atoms with Crippen LogP contribution in [0, 0.1) is 0 Å². The van der Waals surface area contributed by atoms with Gasteiger partial charge in [-0.2, -0.15) is 79.0 Å². The van der Waals surface area contributed by atoms with E-state index in [-0.39, 0.29) is 37.8 Å². The molecule has 0 atom stereocenters. The van der Waals surface area contributed by atoms with Gasteiger partial charge >= 0.3 is 47.9 Å². The van der Waals surface area contributed by atoms with Gasteiger partial charge in [-0.15, -0.1) is 0 Å². The minimum absolute atomic E-state index is 0.0619. The van der Waals surface area contributed by atoms with Crippen LogP contribution in [-0.2, 0) is 11.8 Å². The second-order valence-electron chi connectivity index (χ2n) is 15.2. The second kappa shape index (κ2) is 14.0. The molecule has 7 rings (SSSR count). The van der Waals surface area contributed by atoms with E-state index in [4.69, 9.17) is 0 Å². The molecule has 344 valence electrons.